The van der Waals surface area contributed by atoms with Crippen molar-refractivity contribution in [2.24, 2.45) is 0 Å². The van der Waals surface area contributed by atoms with Crippen LogP contribution in [0.15, 0.2) is 28.7 Å². The van der Waals surface area contributed by atoms with E-state index < -0.39 is 5.41 Å². The molecule has 1 atom stereocenters. The van der Waals surface area contributed by atoms with Crippen molar-refractivity contribution in [2.45, 2.75) is 25.2 Å². The van der Waals surface area contributed by atoms with Gasteiger partial charge in [-0.15, -0.1) is 0 Å². The van der Waals surface area contributed by atoms with Gasteiger partial charge in [0.15, 0.2) is 0 Å². The zero-order chi connectivity index (χ0) is 11.3. The van der Waals surface area contributed by atoms with Crippen LogP contribution in [0.1, 0.15) is 25.3 Å². The molecule has 0 spiro atoms. The lowest BCUT2D eigenvalue weighted by atomic mass is 9.80. The van der Waals surface area contributed by atoms with Crippen molar-refractivity contribution in [3.8, 4) is 12.1 Å². The number of hydrogen-bond acceptors (Lipinski definition) is 2. The van der Waals surface area contributed by atoms with Gasteiger partial charge >= 0.3 is 0 Å². The molecule has 0 aromatic heterocycles. The van der Waals surface area contributed by atoms with Crippen LogP contribution in [0.4, 0.5) is 0 Å². The Kier molecular flexibility index (Phi) is 3.88. The summed E-state index contributed by atoms with van der Waals surface area (Å²) in [6.07, 6.45) is 0.952. The van der Waals surface area contributed by atoms with Crippen LogP contribution in [0, 0.1) is 22.7 Å². The Bertz CT molecular complexity index is 428. The summed E-state index contributed by atoms with van der Waals surface area (Å²) >= 11 is 3.43. The highest BCUT2D eigenvalue weighted by molar-refractivity contribution is 9.10. The van der Waals surface area contributed by atoms with Gasteiger partial charge in [-0.05, 0) is 25.0 Å². The molecule has 0 fully saturated rings. The molecule has 1 rings (SSSR count). The summed E-state index contributed by atoms with van der Waals surface area (Å²) < 4.78 is 0.923. The lowest BCUT2D eigenvalue weighted by Crippen LogP contribution is -2.19. The van der Waals surface area contributed by atoms with Crippen molar-refractivity contribution >= 4 is 15.9 Å². The average molecular weight is 263 g/mol. The SMILES string of the molecule is CC(C#N)(CCC#N)c1ccccc1Br. The number of hydrogen-bond donors (Lipinski definition) is 0. The molecule has 0 heterocycles. The van der Waals surface area contributed by atoms with Crippen molar-refractivity contribution in [1.29, 1.82) is 10.5 Å². The molecular weight excluding hydrogens is 252 g/mol. The molecule has 2 nitrogen and oxygen atoms in total. The number of halogens is 1. The molecular formula is C12H11BrN2. The van der Waals surface area contributed by atoms with E-state index in [-0.39, 0.29) is 0 Å². The molecule has 0 saturated heterocycles. The summed E-state index contributed by atoms with van der Waals surface area (Å²) in [5.74, 6) is 0. The molecule has 0 bridgehead atoms. The van der Waals surface area contributed by atoms with Crippen LogP contribution in [0.3, 0.4) is 0 Å². The topological polar surface area (TPSA) is 47.6 Å². The second-order valence-electron chi connectivity index (χ2n) is 3.58. The first-order chi connectivity index (χ1) is 7.14. The van der Waals surface area contributed by atoms with Crippen molar-refractivity contribution in [3.63, 3.8) is 0 Å². The van der Waals surface area contributed by atoms with Gasteiger partial charge in [0.2, 0.25) is 0 Å². The van der Waals surface area contributed by atoms with E-state index in [4.69, 9.17) is 5.26 Å². The third-order valence-corrected chi connectivity index (χ3v) is 3.14. The molecule has 0 aliphatic heterocycles. The summed E-state index contributed by atoms with van der Waals surface area (Å²) in [4.78, 5) is 0. The van der Waals surface area contributed by atoms with Gasteiger partial charge in [0, 0.05) is 10.9 Å². The van der Waals surface area contributed by atoms with Gasteiger partial charge in [-0.1, -0.05) is 34.1 Å². The van der Waals surface area contributed by atoms with E-state index in [1.54, 1.807) is 0 Å². The molecule has 1 aromatic rings. The van der Waals surface area contributed by atoms with E-state index in [9.17, 15) is 5.26 Å². The van der Waals surface area contributed by atoms with Crippen LogP contribution in [0.5, 0.6) is 0 Å². The van der Waals surface area contributed by atoms with E-state index in [2.05, 4.69) is 28.1 Å². The monoisotopic (exact) mass is 262 g/mol. The first-order valence-corrected chi connectivity index (χ1v) is 5.46. The van der Waals surface area contributed by atoms with Crippen LogP contribution in [0.25, 0.3) is 0 Å². The van der Waals surface area contributed by atoms with E-state index in [1.165, 1.54) is 0 Å². The molecule has 1 unspecified atom stereocenters. The van der Waals surface area contributed by atoms with Gasteiger partial charge in [-0.3, -0.25) is 0 Å². The Morgan fingerprint density at radius 2 is 2.00 bits per heavy atom. The summed E-state index contributed by atoms with van der Waals surface area (Å²) in [5, 5.41) is 17.8. The highest BCUT2D eigenvalue weighted by Crippen LogP contribution is 2.33. The van der Waals surface area contributed by atoms with Crippen LogP contribution in [-0.2, 0) is 5.41 Å². The lowest BCUT2D eigenvalue weighted by molar-refractivity contribution is 0.560. The molecule has 0 amide bonds. The predicted molar refractivity (Wildman–Crippen MR) is 62.0 cm³/mol. The Morgan fingerprint density at radius 3 is 2.53 bits per heavy atom. The van der Waals surface area contributed by atoms with E-state index in [0.717, 1.165) is 10.0 Å². The molecule has 3 heteroatoms. The fourth-order valence-corrected chi connectivity index (χ4v) is 2.19. The maximum Gasteiger partial charge on any atom is 0.0815 e. The Balaban J connectivity index is 3.08. The standard InChI is InChI=1S/C12H11BrN2/c1-12(9-15,7-4-8-14)10-5-2-3-6-11(10)13/h2-3,5-6H,4,7H2,1H3. The molecule has 1 aromatic carbocycles. The van der Waals surface area contributed by atoms with E-state index >= 15 is 0 Å². The third-order valence-electron chi connectivity index (χ3n) is 2.45. The minimum atomic E-state index is -0.587. The number of benzene rings is 1. The van der Waals surface area contributed by atoms with Crippen molar-refractivity contribution in [1.82, 2.24) is 0 Å². The summed E-state index contributed by atoms with van der Waals surface area (Å²) in [7, 11) is 0. The Labute approximate surface area is 98.3 Å². The molecule has 0 N–H and O–H groups in total. The largest absolute Gasteiger partial charge is 0.198 e. The molecule has 0 radical (unpaired) electrons. The summed E-state index contributed by atoms with van der Waals surface area (Å²) in [6, 6.07) is 12.0. The van der Waals surface area contributed by atoms with Gasteiger partial charge in [-0.2, -0.15) is 10.5 Å². The van der Waals surface area contributed by atoms with Gasteiger partial charge in [0.05, 0.1) is 17.6 Å². The summed E-state index contributed by atoms with van der Waals surface area (Å²) in [5.41, 5.74) is 0.360. The second kappa shape index (κ2) is 4.96. The minimum Gasteiger partial charge on any atom is -0.198 e. The van der Waals surface area contributed by atoms with E-state index in [1.807, 2.05) is 31.2 Å². The van der Waals surface area contributed by atoms with Gasteiger partial charge in [0.25, 0.3) is 0 Å². The highest BCUT2D eigenvalue weighted by atomic mass is 79.9. The maximum absolute atomic E-state index is 9.21. The second-order valence-corrected chi connectivity index (χ2v) is 4.44. The van der Waals surface area contributed by atoms with E-state index in [0.29, 0.717) is 12.8 Å². The van der Waals surface area contributed by atoms with Crippen molar-refractivity contribution < 1.29 is 0 Å². The van der Waals surface area contributed by atoms with Crippen LogP contribution in [-0.4, -0.2) is 0 Å². The van der Waals surface area contributed by atoms with Crippen LogP contribution >= 0.6 is 15.9 Å². The molecule has 0 saturated carbocycles. The van der Waals surface area contributed by atoms with Gasteiger partial charge < -0.3 is 0 Å². The smallest absolute Gasteiger partial charge is 0.0815 e. The fraction of sp³-hybridized carbons (Fsp3) is 0.333. The zero-order valence-corrected chi connectivity index (χ0v) is 10.1. The first kappa shape index (κ1) is 11.8. The third kappa shape index (κ3) is 2.58. The molecule has 15 heavy (non-hydrogen) atoms. The molecule has 0 aliphatic carbocycles. The van der Waals surface area contributed by atoms with Gasteiger partial charge in [-0.25, -0.2) is 0 Å². The van der Waals surface area contributed by atoms with Crippen molar-refractivity contribution in [2.75, 3.05) is 0 Å². The average Bonchev–Trinajstić information content (AvgIpc) is 2.26. The number of nitrogens with zero attached hydrogens (tertiary/aromatic N) is 2. The summed E-state index contributed by atoms with van der Waals surface area (Å²) in [6.45, 7) is 1.87. The van der Waals surface area contributed by atoms with Gasteiger partial charge in [0.1, 0.15) is 0 Å². The molecule has 76 valence electrons. The normalized spacial score (nSPS) is 13.6. The zero-order valence-electron chi connectivity index (χ0n) is 8.50. The first-order valence-electron chi connectivity index (χ1n) is 4.67. The minimum absolute atomic E-state index is 0.394. The lowest BCUT2D eigenvalue weighted by Gasteiger charge is -2.21. The maximum atomic E-state index is 9.21. The number of rotatable bonds is 3. The molecule has 0 aliphatic rings. The van der Waals surface area contributed by atoms with Crippen molar-refractivity contribution in [3.05, 3.63) is 34.3 Å². The Hall–Kier alpha value is -1.32. The fourth-order valence-electron chi connectivity index (χ4n) is 1.47. The van der Waals surface area contributed by atoms with Crippen LogP contribution in [0.2, 0.25) is 0 Å². The number of nitriles is 2. The predicted octanol–water partition coefficient (Wildman–Crippen LogP) is 3.53. The van der Waals surface area contributed by atoms with Crippen LogP contribution < -0.4 is 0 Å². The Morgan fingerprint density at radius 1 is 1.33 bits per heavy atom. The highest BCUT2D eigenvalue weighted by Gasteiger charge is 2.27. The quantitative estimate of drug-likeness (QED) is 0.837.